The minimum Gasteiger partial charge on any atom is -0.0594 e. The summed E-state index contributed by atoms with van der Waals surface area (Å²) in [6.07, 6.45) is 12.2. The van der Waals surface area contributed by atoms with Crippen LogP contribution in [0.15, 0.2) is 0 Å². The van der Waals surface area contributed by atoms with Crippen molar-refractivity contribution in [3.05, 3.63) is 0 Å². The van der Waals surface area contributed by atoms with Gasteiger partial charge >= 0.3 is 0 Å². The standard InChI is InChI=1S/C11H20/c1-11(8-5-9-11)10-6-3-2-4-7-10/h10H,2-9H2,1H3. The predicted octanol–water partition coefficient (Wildman–Crippen LogP) is 3.76. The van der Waals surface area contributed by atoms with Gasteiger partial charge in [0.05, 0.1) is 0 Å². The van der Waals surface area contributed by atoms with Crippen LogP contribution in [0.4, 0.5) is 0 Å². The maximum atomic E-state index is 2.52. The molecule has 0 aromatic rings. The molecule has 0 aliphatic heterocycles. The van der Waals surface area contributed by atoms with Crippen molar-refractivity contribution in [2.75, 3.05) is 0 Å². The van der Waals surface area contributed by atoms with Crippen molar-refractivity contribution in [3.63, 3.8) is 0 Å². The van der Waals surface area contributed by atoms with Crippen LogP contribution in [0.3, 0.4) is 0 Å². The van der Waals surface area contributed by atoms with Crippen LogP contribution in [0.25, 0.3) is 0 Å². The zero-order valence-electron chi connectivity index (χ0n) is 7.73. The highest BCUT2D eigenvalue weighted by Gasteiger charge is 2.39. The molecule has 0 heterocycles. The van der Waals surface area contributed by atoms with E-state index in [1.54, 1.807) is 0 Å². The third-order valence-corrected chi connectivity index (χ3v) is 4.09. The van der Waals surface area contributed by atoms with Crippen LogP contribution in [0.1, 0.15) is 58.3 Å². The van der Waals surface area contributed by atoms with Crippen LogP contribution in [-0.2, 0) is 0 Å². The highest BCUT2D eigenvalue weighted by molar-refractivity contribution is 4.90. The minimum absolute atomic E-state index is 0.792. The van der Waals surface area contributed by atoms with Gasteiger partial charge in [0, 0.05) is 0 Å². The van der Waals surface area contributed by atoms with Gasteiger partial charge in [-0.15, -0.1) is 0 Å². The van der Waals surface area contributed by atoms with E-state index in [4.69, 9.17) is 0 Å². The van der Waals surface area contributed by atoms with E-state index in [0.717, 1.165) is 11.3 Å². The second kappa shape index (κ2) is 2.80. The first-order valence-electron chi connectivity index (χ1n) is 5.31. The van der Waals surface area contributed by atoms with Gasteiger partial charge in [-0.3, -0.25) is 0 Å². The van der Waals surface area contributed by atoms with Gasteiger partial charge in [0.15, 0.2) is 0 Å². The quantitative estimate of drug-likeness (QED) is 0.536. The van der Waals surface area contributed by atoms with E-state index in [2.05, 4.69) is 6.92 Å². The second-order valence-corrected chi connectivity index (χ2v) is 4.84. The van der Waals surface area contributed by atoms with Crippen LogP contribution >= 0.6 is 0 Å². The first-order chi connectivity index (χ1) is 5.31. The molecular formula is C11H20. The number of rotatable bonds is 1. The van der Waals surface area contributed by atoms with Crippen molar-refractivity contribution < 1.29 is 0 Å². The normalized spacial score (nSPS) is 31.4. The Bertz CT molecular complexity index is 127. The van der Waals surface area contributed by atoms with Gasteiger partial charge in [-0.05, 0) is 37.0 Å². The van der Waals surface area contributed by atoms with Crippen molar-refractivity contribution in [2.24, 2.45) is 11.3 Å². The summed E-state index contributed by atoms with van der Waals surface area (Å²) < 4.78 is 0. The number of hydrogen-bond donors (Lipinski definition) is 0. The van der Waals surface area contributed by atoms with Crippen LogP contribution < -0.4 is 0 Å². The molecule has 2 aliphatic rings. The smallest absolute Gasteiger partial charge is 0.0298 e. The average molecular weight is 152 g/mol. The third-order valence-electron chi connectivity index (χ3n) is 4.09. The predicted molar refractivity (Wildman–Crippen MR) is 48.5 cm³/mol. The molecule has 2 saturated carbocycles. The fourth-order valence-electron chi connectivity index (χ4n) is 2.94. The summed E-state index contributed by atoms with van der Waals surface area (Å²) >= 11 is 0. The maximum absolute atomic E-state index is 2.52. The molecule has 0 aromatic carbocycles. The lowest BCUT2D eigenvalue weighted by atomic mass is 9.59. The van der Waals surface area contributed by atoms with Crippen molar-refractivity contribution in [1.82, 2.24) is 0 Å². The molecule has 0 spiro atoms. The van der Waals surface area contributed by atoms with Gasteiger partial charge in [0.2, 0.25) is 0 Å². The molecule has 2 rings (SSSR count). The SMILES string of the molecule is CC1(C2CCCCC2)CCC1. The number of hydrogen-bond acceptors (Lipinski definition) is 0. The lowest BCUT2D eigenvalue weighted by Gasteiger charge is -2.46. The molecule has 0 N–H and O–H groups in total. The third kappa shape index (κ3) is 1.32. The molecule has 0 bridgehead atoms. The highest BCUT2D eigenvalue weighted by Crippen LogP contribution is 2.51. The van der Waals surface area contributed by atoms with Crippen LogP contribution in [-0.4, -0.2) is 0 Å². The Morgan fingerprint density at radius 2 is 1.55 bits per heavy atom. The molecule has 0 atom stereocenters. The van der Waals surface area contributed by atoms with Crippen LogP contribution in [0.5, 0.6) is 0 Å². The highest BCUT2D eigenvalue weighted by atomic mass is 14.4. The molecule has 0 unspecified atom stereocenters. The fourth-order valence-corrected chi connectivity index (χ4v) is 2.94. The van der Waals surface area contributed by atoms with Gasteiger partial charge in [-0.2, -0.15) is 0 Å². The maximum Gasteiger partial charge on any atom is -0.0298 e. The first-order valence-corrected chi connectivity index (χ1v) is 5.31. The van der Waals surface area contributed by atoms with Crippen LogP contribution in [0.2, 0.25) is 0 Å². The summed E-state index contributed by atoms with van der Waals surface area (Å²) in [6.45, 7) is 2.52. The van der Waals surface area contributed by atoms with Crippen molar-refractivity contribution in [2.45, 2.75) is 58.3 Å². The fraction of sp³-hybridized carbons (Fsp3) is 1.00. The van der Waals surface area contributed by atoms with Crippen molar-refractivity contribution in [1.29, 1.82) is 0 Å². The van der Waals surface area contributed by atoms with Crippen molar-refractivity contribution >= 4 is 0 Å². The van der Waals surface area contributed by atoms with E-state index < -0.39 is 0 Å². The Balaban J connectivity index is 1.91. The Kier molecular flexibility index (Phi) is 1.95. The molecule has 0 nitrogen and oxygen atoms in total. The molecule has 0 amide bonds. The molecule has 11 heavy (non-hydrogen) atoms. The minimum atomic E-state index is 0.792. The zero-order valence-corrected chi connectivity index (χ0v) is 7.73. The van der Waals surface area contributed by atoms with E-state index in [1.165, 1.54) is 51.4 Å². The Hall–Kier alpha value is 0. The van der Waals surface area contributed by atoms with E-state index in [1.807, 2.05) is 0 Å². The molecular weight excluding hydrogens is 132 g/mol. The molecule has 0 saturated heterocycles. The summed E-state index contributed by atoms with van der Waals surface area (Å²) in [4.78, 5) is 0. The van der Waals surface area contributed by atoms with Crippen LogP contribution in [0, 0.1) is 11.3 Å². The van der Waals surface area contributed by atoms with Gasteiger partial charge in [0.25, 0.3) is 0 Å². The molecule has 2 fully saturated rings. The summed E-state index contributed by atoms with van der Waals surface area (Å²) in [5.41, 5.74) is 0.792. The Morgan fingerprint density at radius 3 is 2.00 bits per heavy atom. The van der Waals surface area contributed by atoms with E-state index in [0.29, 0.717) is 0 Å². The van der Waals surface area contributed by atoms with Gasteiger partial charge in [0.1, 0.15) is 0 Å². The lowest BCUT2D eigenvalue weighted by Crippen LogP contribution is -2.35. The monoisotopic (exact) mass is 152 g/mol. The second-order valence-electron chi connectivity index (χ2n) is 4.84. The first kappa shape index (κ1) is 7.64. The Labute approximate surface area is 70.4 Å². The summed E-state index contributed by atoms with van der Waals surface area (Å²) in [5, 5.41) is 0. The largest absolute Gasteiger partial charge is 0.0594 e. The van der Waals surface area contributed by atoms with E-state index in [-0.39, 0.29) is 0 Å². The van der Waals surface area contributed by atoms with Gasteiger partial charge in [-0.1, -0.05) is 32.6 Å². The molecule has 0 radical (unpaired) electrons. The summed E-state index contributed by atoms with van der Waals surface area (Å²) in [6, 6.07) is 0. The van der Waals surface area contributed by atoms with Gasteiger partial charge in [-0.25, -0.2) is 0 Å². The zero-order chi connectivity index (χ0) is 7.73. The summed E-state index contributed by atoms with van der Waals surface area (Å²) in [7, 11) is 0. The summed E-state index contributed by atoms with van der Waals surface area (Å²) in [5.74, 6) is 1.10. The average Bonchev–Trinajstić information content (AvgIpc) is 2.02. The Morgan fingerprint density at radius 1 is 0.909 bits per heavy atom. The van der Waals surface area contributed by atoms with Gasteiger partial charge < -0.3 is 0 Å². The molecule has 2 aliphatic carbocycles. The molecule has 0 heteroatoms. The topological polar surface area (TPSA) is 0 Å². The molecule has 64 valence electrons. The molecule has 0 aromatic heterocycles. The lowest BCUT2D eigenvalue weighted by molar-refractivity contribution is 0.0464. The van der Waals surface area contributed by atoms with Crippen molar-refractivity contribution in [3.8, 4) is 0 Å². The van der Waals surface area contributed by atoms with E-state index in [9.17, 15) is 0 Å². The van der Waals surface area contributed by atoms with E-state index >= 15 is 0 Å².